The lowest BCUT2D eigenvalue weighted by atomic mass is 10.4. The third kappa shape index (κ3) is 2.47. The number of hydrogen-bond acceptors (Lipinski definition) is 4. The van der Waals surface area contributed by atoms with Crippen molar-refractivity contribution in [2.45, 2.75) is 13.3 Å². The number of carbonyl (C=O) groups excluding carboxylic acids is 1. The number of ether oxygens (including phenoxy) is 2. The average Bonchev–Trinajstić information content (AvgIpc) is 2.62. The Bertz CT molecular complexity index is 283. The monoisotopic (exact) mass is 184 g/mol. The summed E-state index contributed by atoms with van der Waals surface area (Å²) in [6.45, 7) is 2.58. The predicted molar refractivity (Wildman–Crippen MR) is 45.7 cm³/mol. The van der Waals surface area contributed by atoms with Crippen molar-refractivity contribution >= 4 is 5.97 Å². The highest BCUT2D eigenvalue weighted by molar-refractivity contribution is 5.87. The quantitative estimate of drug-likeness (QED) is 0.708. The number of hydrogen-bond donors (Lipinski definition) is 1. The van der Waals surface area contributed by atoms with Crippen molar-refractivity contribution in [2.75, 3.05) is 13.7 Å². The highest BCUT2D eigenvalue weighted by Gasteiger charge is 2.09. The third-order valence-corrected chi connectivity index (χ3v) is 1.41. The van der Waals surface area contributed by atoms with Gasteiger partial charge in [-0.2, -0.15) is 0 Å². The zero-order valence-electron chi connectivity index (χ0n) is 7.66. The Morgan fingerprint density at radius 1 is 1.69 bits per heavy atom. The van der Waals surface area contributed by atoms with Gasteiger partial charge in [0.05, 0.1) is 13.7 Å². The fraction of sp³-hybridized carbons (Fsp3) is 0.500. The maximum absolute atomic E-state index is 11.0. The van der Waals surface area contributed by atoms with Gasteiger partial charge in [0.25, 0.3) is 0 Å². The van der Waals surface area contributed by atoms with Crippen LogP contribution >= 0.6 is 0 Å². The van der Waals surface area contributed by atoms with E-state index in [1.165, 1.54) is 13.2 Å². The van der Waals surface area contributed by atoms with E-state index in [1.807, 2.05) is 6.92 Å². The van der Waals surface area contributed by atoms with Crippen molar-refractivity contribution in [1.82, 2.24) is 10.2 Å². The summed E-state index contributed by atoms with van der Waals surface area (Å²) in [6.07, 6.45) is 0.903. The van der Waals surface area contributed by atoms with Crippen LogP contribution in [0.25, 0.3) is 0 Å². The Labute approximate surface area is 76.0 Å². The van der Waals surface area contributed by atoms with Gasteiger partial charge in [0.1, 0.15) is 5.69 Å². The van der Waals surface area contributed by atoms with Crippen LogP contribution in [0.4, 0.5) is 0 Å². The fourth-order valence-electron chi connectivity index (χ4n) is 0.798. The van der Waals surface area contributed by atoms with Crippen molar-refractivity contribution in [3.8, 4) is 5.88 Å². The number of rotatable bonds is 4. The molecular weight excluding hydrogens is 172 g/mol. The molecule has 72 valence electrons. The molecular formula is C8H12N2O3. The van der Waals surface area contributed by atoms with Gasteiger partial charge >= 0.3 is 5.97 Å². The summed E-state index contributed by atoms with van der Waals surface area (Å²) < 4.78 is 9.67. The van der Waals surface area contributed by atoms with Crippen molar-refractivity contribution in [1.29, 1.82) is 0 Å². The molecule has 5 nitrogen and oxygen atoms in total. The van der Waals surface area contributed by atoms with E-state index in [-0.39, 0.29) is 0 Å². The topological polar surface area (TPSA) is 64.2 Å². The molecule has 5 heteroatoms. The van der Waals surface area contributed by atoms with E-state index in [0.29, 0.717) is 18.2 Å². The maximum Gasteiger partial charge on any atom is 0.356 e. The molecule has 1 aromatic rings. The number of H-pyrrole nitrogens is 1. The van der Waals surface area contributed by atoms with E-state index in [1.54, 1.807) is 0 Å². The molecule has 0 spiro atoms. The first kappa shape index (κ1) is 9.57. The summed E-state index contributed by atoms with van der Waals surface area (Å²) in [4.78, 5) is 11.0. The molecule has 0 atom stereocenters. The Hall–Kier alpha value is -1.52. The molecule has 1 heterocycles. The van der Waals surface area contributed by atoms with Crippen LogP contribution in [0.3, 0.4) is 0 Å². The zero-order valence-corrected chi connectivity index (χ0v) is 7.66. The van der Waals surface area contributed by atoms with Gasteiger partial charge in [-0.3, -0.25) is 5.10 Å². The minimum Gasteiger partial charge on any atom is -0.477 e. The molecule has 0 amide bonds. The van der Waals surface area contributed by atoms with Gasteiger partial charge in [-0.25, -0.2) is 4.79 Å². The van der Waals surface area contributed by atoms with Gasteiger partial charge < -0.3 is 9.47 Å². The lowest BCUT2D eigenvalue weighted by Crippen LogP contribution is -2.00. The van der Waals surface area contributed by atoms with Crippen molar-refractivity contribution in [3.63, 3.8) is 0 Å². The standard InChI is InChI=1S/C8H12N2O3/c1-3-4-13-7-5-6(9-10-7)8(11)12-2/h5H,3-4H2,1-2H3,(H,9,10). The maximum atomic E-state index is 11.0. The molecule has 0 aliphatic rings. The second-order valence-electron chi connectivity index (χ2n) is 2.46. The van der Waals surface area contributed by atoms with E-state index in [4.69, 9.17) is 4.74 Å². The van der Waals surface area contributed by atoms with Crippen LogP contribution in [-0.2, 0) is 4.74 Å². The van der Waals surface area contributed by atoms with Gasteiger partial charge in [0, 0.05) is 6.07 Å². The molecule has 13 heavy (non-hydrogen) atoms. The number of carbonyl (C=O) groups is 1. The van der Waals surface area contributed by atoms with Gasteiger partial charge in [0.2, 0.25) is 5.88 Å². The molecule has 1 N–H and O–H groups in total. The molecule has 0 aliphatic heterocycles. The summed E-state index contributed by atoms with van der Waals surface area (Å²) >= 11 is 0. The molecule has 0 bridgehead atoms. The second kappa shape index (κ2) is 4.49. The van der Waals surface area contributed by atoms with E-state index in [0.717, 1.165) is 6.42 Å². The summed E-state index contributed by atoms with van der Waals surface area (Å²) in [5, 5.41) is 6.29. The zero-order chi connectivity index (χ0) is 9.68. The fourth-order valence-corrected chi connectivity index (χ4v) is 0.798. The van der Waals surface area contributed by atoms with Crippen molar-refractivity contribution in [2.24, 2.45) is 0 Å². The number of nitrogens with zero attached hydrogens (tertiary/aromatic N) is 1. The van der Waals surface area contributed by atoms with Crippen LogP contribution in [0.5, 0.6) is 5.88 Å². The molecule has 0 aromatic carbocycles. The van der Waals surface area contributed by atoms with Gasteiger partial charge in [-0.15, -0.1) is 5.10 Å². The smallest absolute Gasteiger partial charge is 0.356 e. The molecule has 1 aromatic heterocycles. The van der Waals surface area contributed by atoms with Crippen LogP contribution in [0.2, 0.25) is 0 Å². The predicted octanol–water partition coefficient (Wildman–Crippen LogP) is 0.985. The highest BCUT2D eigenvalue weighted by Crippen LogP contribution is 2.08. The first-order chi connectivity index (χ1) is 6.27. The van der Waals surface area contributed by atoms with Gasteiger partial charge in [0.15, 0.2) is 0 Å². The lowest BCUT2D eigenvalue weighted by Gasteiger charge is -1.96. The molecule has 0 fully saturated rings. The Balaban J connectivity index is 2.58. The van der Waals surface area contributed by atoms with E-state index >= 15 is 0 Å². The van der Waals surface area contributed by atoms with Crippen LogP contribution in [0.1, 0.15) is 23.8 Å². The minimum atomic E-state index is -0.446. The minimum absolute atomic E-state index is 0.300. The number of methoxy groups -OCH3 is 1. The molecule has 0 radical (unpaired) electrons. The van der Waals surface area contributed by atoms with Gasteiger partial charge in [-0.1, -0.05) is 6.92 Å². The van der Waals surface area contributed by atoms with E-state index in [9.17, 15) is 4.79 Å². The number of aromatic nitrogens is 2. The summed E-state index contributed by atoms with van der Waals surface area (Å²) in [6, 6.07) is 1.52. The van der Waals surface area contributed by atoms with E-state index < -0.39 is 5.97 Å². The molecule has 0 aliphatic carbocycles. The van der Waals surface area contributed by atoms with Crippen molar-refractivity contribution < 1.29 is 14.3 Å². The first-order valence-corrected chi connectivity index (χ1v) is 4.04. The Morgan fingerprint density at radius 3 is 3.08 bits per heavy atom. The van der Waals surface area contributed by atoms with E-state index in [2.05, 4.69) is 14.9 Å². The number of esters is 1. The van der Waals surface area contributed by atoms with Crippen LogP contribution < -0.4 is 4.74 Å². The third-order valence-electron chi connectivity index (χ3n) is 1.41. The van der Waals surface area contributed by atoms with Crippen molar-refractivity contribution in [3.05, 3.63) is 11.8 Å². The average molecular weight is 184 g/mol. The highest BCUT2D eigenvalue weighted by atomic mass is 16.5. The lowest BCUT2D eigenvalue weighted by molar-refractivity contribution is 0.0594. The summed E-state index contributed by atoms with van der Waals surface area (Å²) in [7, 11) is 1.32. The largest absolute Gasteiger partial charge is 0.477 e. The summed E-state index contributed by atoms with van der Waals surface area (Å²) in [5.74, 6) is -0.0268. The molecule has 1 rings (SSSR count). The van der Waals surface area contributed by atoms with Crippen LogP contribution in [-0.4, -0.2) is 29.9 Å². The van der Waals surface area contributed by atoms with Crippen LogP contribution in [0.15, 0.2) is 6.07 Å². The first-order valence-electron chi connectivity index (χ1n) is 4.04. The normalized spacial score (nSPS) is 9.69. The number of nitrogens with one attached hydrogen (secondary N) is 1. The molecule has 0 unspecified atom stereocenters. The molecule has 0 saturated carbocycles. The SMILES string of the molecule is CCCOc1cc(C(=O)OC)[nH]n1. The van der Waals surface area contributed by atoms with Crippen LogP contribution in [0, 0.1) is 0 Å². The molecule has 0 saturated heterocycles. The Morgan fingerprint density at radius 2 is 2.46 bits per heavy atom. The number of aromatic amines is 1. The summed E-state index contributed by atoms with van der Waals surface area (Å²) in [5.41, 5.74) is 0.300. The second-order valence-corrected chi connectivity index (χ2v) is 2.46. The van der Waals surface area contributed by atoms with Gasteiger partial charge in [-0.05, 0) is 6.42 Å². The Kier molecular flexibility index (Phi) is 3.31.